The molecule has 0 bridgehead atoms. The summed E-state index contributed by atoms with van der Waals surface area (Å²) < 4.78 is 38.1. The van der Waals surface area contributed by atoms with Gasteiger partial charge in [-0.2, -0.15) is 13.2 Å². The van der Waals surface area contributed by atoms with E-state index in [4.69, 9.17) is 5.73 Å². The standard InChI is InChI=1S/C13H15F3N4/c1-2-5-20(7-13(14,15)16)12-10-6-9(17)3-4-11(10)18-8-19-12/h3-4,6,8H,2,5,7,17H2,1H3. The Bertz CT molecular complexity index is 598. The molecule has 0 aliphatic heterocycles. The summed E-state index contributed by atoms with van der Waals surface area (Å²) in [5.41, 5.74) is 6.74. The first-order chi connectivity index (χ1) is 9.40. The van der Waals surface area contributed by atoms with Crippen LogP contribution in [0.25, 0.3) is 10.9 Å². The highest BCUT2D eigenvalue weighted by molar-refractivity contribution is 5.91. The van der Waals surface area contributed by atoms with E-state index >= 15 is 0 Å². The van der Waals surface area contributed by atoms with E-state index in [0.717, 1.165) is 0 Å². The number of hydrogen-bond donors (Lipinski definition) is 1. The molecule has 0 amide bonds. The fourth-order valence-corrected chi connectivity index (χ4v) is 2.06. The second kappa shape index (κ2) is 5.52. The van der Waals surface area contributed by atoms with Gasteiger partial charge < -0.3 is 10.6 Å². The fourth-order valence-electron chi connectivity index (χ4n) is 2.06. The Hall–Kier alpha value is -2.05. The summed E-state index contributed by atoms with van der Waals surface area (Å²) in [5, 5.41) is 0.533. The van der Waals surface area contributed by atoms with Crippen molar-refractivity contribution >= 4 is 22.4 Å². The van der Waals surface area contributed by atoms with E-state index in [-0.39, 0.29) is 12.4 Å². The van der Waals surface area contributed by atoms with E-state index in [9.17, 15) is 13.2 Å². The first kappa shape index (κ1) is 14.4. The van der Waals surface area contributed by atoms with Crippen LogP contribution in [-0.4, -0.2) is 29.2 Å². The lowest BCUT2D eigenvalue weighted by Crippen LogP contribution is -2.35. The molecule has 0 fully saturated rings. The molecule has 7 heteroatoms. The van der Waals surface area contributed by atoms with Gasteiger partial charge in [0.2, 0.25) is 0 Å². The normalized spacial score (nSPS) is 11.8. The van der Waals surface area contributed by atoms with Crippen LogP contribution in [0.3, 0.4) is 0 Å². The van der Waals surface area contributed by atoms with Crippen LogP contribution in [0, 0.1) is 0 Å². The molecule has 0 aliphatic carbocycles. The van der Waals surface area contributed by atoms with Crippen molar-refractivity contribution < 1.29 is 13.2 Å². The number of halogens is 3. The highest BCUT2D eigenvalue weighted by Crippen LogP contribution is 2.27. The van der Waals surface area contributed by atoms with E-state index < -0.39 is 12.7 Å². The zero-order valence-corrected chi connectivity index (χ0v) is 11.0. The van der Waals surface area contributed by atoms with E-state index in [0.29, 0.717) is 23.0 Å². The Morgan fingerprint density at radius 3 is 2.65 bits per heavy atom. The molecule has 0 aliphatic rings. The molecule has 0 radical (unpaired) electrons. The van der Waals surface area contributed by atoms with Crippen molar-refractivity contribution in [2.24, 2.45) is 0 Å². The van der Waals surface area contributed by atoms with Crippen molar-refractivity contribution in [2.45, 2.75) is 19.5 Å². The van der Waals surface area contributed by atoms with Gasteiger partial charge in [-0.05, 0) is 24.6 Å². The molecule has 1 heterocycles. The number of nitrogen functional groups attached to an aromatic ring is 1. The summed E-state index contributed by atoms with van der Waals surface area (Å²) in [6.45, 7) is 1.04. The Kier molecular flexibility index (Phi) is 3.96. The maximum atomic E-state index is 12.7. The molecule has 4 nitrogen and oxygen atoms in total. The van der Waals surface area contributed by atoms with Crippen molar-refractivity contribution in [1.29, 1.82) is 0 Å². The van der Waals surface area contributed by atoms with Crippen LogP contribution in [0.4, 0.5) is 24.7 Å². The number of hydrogen-bond acceptors (Lipinski definition) is 4. The lowest BCUT2D eigenvalue weighted by atomic mass is 10.2. The van der Waals surface area contributed by atoms with Gasteiger partial charge in [0, 0.05) is 17.6 Å². The lowest BCUT2D eigenvalue weighted by molar-refractivity contribution is -0.119. The summed E-state index contributed by atoms with van der Waals surface area (Å²) in [7, 11) is 0. The predicted molar refractivity (Wildman–Crippen MR) is 72.5 cm³/mol. The van der Waals surface area contributed by atoms with Crippen molar-refractivity contribution in [3.05, 3.63) is 24.5 Å². The van der Waals surface area contributed by atoms with Crippen LogP contribution < -0.4 is 10.6 Å². The van der Waals surface area contributed by atoms with E-state index in [1.54, 1.807) is 18.2 Å². The molecule has 2 rings (SSSR count). The van der Waals surface area contributed by atoms with Crippen LogP contribution in [0.15, 0.2) is 24.5 Å². The topological polar surface area (TPSA) is 55.0 Å². The van der Waals surface area contributed by atoms with Crippen LogP contribution in [0.1, 0.15) is 13.3 Å². The number of aromatic nitrogens is 2. The number of nitrogens with zero attached hydrogens (tertiary/aromatic N) is 3. The third-order valence-electron chi connectivity index (χ3n) is 2.80. The van der Waals surface area contributed by atoms with Crippen molar-refractivity contribution in [1.82, 2.24) is 9.97 Å². The van der Waals surface area contributed by atoms with Gasteiger partial charge in [-0.1, -0.05) is 6.92 Å². The van der Waals surface area contributed by atoms with E-state index in [1.165, 1.54) is 11.2 Å². The third kappa shape index (κ3) is 3.28. The summed E-state index contributed by atoms with van der Waals surface area (Å²) in [5.74, 6) is 0.265. The fraction of sp³-hybridized carbons (Fsp3) is 0.385. The average molecular weight is 284 g/mol. The van der Waals surface area contributed by atoms with Crippen LogP contribution in [0.2, 0.25) is 0 Å². The molecule has 1 aromatic carbocycles. The van der Waals surface area contributed by atoms with Gasteiger partial charge >= 0.3 is 6.18 Å². The molecule has 1 aromatic heterocycles. The SMILES string of the molecule is CCCN(CC(F)(F)F)c1ncnc2ccc(N)cc12. The van der Waals surface area contributed by atoms with Gasteiger partial charge in [0.1, 0.15) is 18.7 Å². The summed E-state index contributed by atoms with van der Waals surface area (Å²) in [4.78, 5) is 9.27. The predicted octanol–water partition coefficient (Wildman–Crippen LogP) is 2.99. The van der Waals surface area contributed by atoms with Crippen LogP contribution in [-0.2, 0) is 0 Å². The number of alkyl halides is 3. The summed E-state index contributed by atoms with van der Waals surface area (Å²) >= 11 is 0. The molecule has 0 saturated heterocycles. The van der Waals surface area contributed by atoms with Crippen LogP contribution >= 0.6 is 0 Å². The minimum Gasteiger partial charge on any atom is -0.399 e. The van der Waals surface area contributed by atoms with Gasteiger partial charge in [0.05, 0.1) is 5.52 Å². The number of fused-ring (bicyclic) bond motifs is 1. The largest absolute Gasteiger partial charge is 0.405 e. The number of anilines is 2. The Morgan fingerprint density at radius 2 is 2.00 bits per heavy atom. The molecule has 2 N–H and O–H groups in total. The second-order valence-corrected chi connectivity index (χ2v) is 4.51. The Balaban J connectivity index is 2.49. The van der Waals surface area contributed by atoms with Crippen LogP contribution in [0.5, 0.6) is 0 Å². The first-order valence-corrected chi connectivity index (χ1v) is 6.22. The minimum atomic E-state index is -4.28. The van der Waals surface area contributed by atoms with Crippen molar-refractivity contribution in [3.63, 3.8) is 0 Å². The Labute approximate surface area is 114 Å². The molecule has 108 valence electrons. The maximum Gasteiger partial charge on any atom is 0.405 e. The Morgan fingerprint density at radius 1 is 1.25 bits per heavy atom. The van der Waals surface area contributed by atoms with E-state index in [1.807, 2.05) is 6.92 Å². The van der Waals surface area contributed by atoms with E-state index in [2.05, 4.69) is 9.97 Å². The average Bonchev–Trinajstić information content (AvgIpc) is 2.36. The molecule has 0 unspecified atom stereocenters. The molecule has 0 spiro atoms. The zero-order valence-electron chi connectivity index (χ0n) is 11.0. The first-order valence-electron chi connectivity index (χ1n) is 6.22. The quantitative estimate of drug-likeness (QED) is 0.877. The lowest BCUT2D eigenvalue weighted by Gasteiger charge is -2.25. The molecule has 20 heavy (non-hydrogen) atoms. The van der Waals surface area contributed by atoms with Gasteiger partial charge in [-0.3, -0.25) is 0 Å². The maximum absolute atomic E-state index is 12.7. The van der Waals surface area contributed by atoms with Crippen molar-refractivity contribution in [3.8, 4) is 0 Å². The highest BCUT2D eigenvalue weighted by Gasteiger charge is 2.31. The summed E-state index contributed by atoms with van der Waals surface area (Å²) in [6, 6.07) is 4.93. The van der Waals surface area contributed by atoms with Gasteiger partial charge in [-0.15, -0.1) is 0 Å². The smallest absolute Gasteiger partial charge is 0.399 e. The summed E-state index contributed by atoms with van der Waals surface area (Å²) in [6.07, 6.45) is -2.43. The monoisotopic (exact) mass is 284 g/mol. The second-order valence-electron chi connectivity index (χ2n) is 4.51. The minimum absolute atomic E-state index is 0.264. The highest BCUT2D eigenvalue weighted by atomic mass is 19.4. The van der Waals surface area contributed by atoms with Gasteiger partial charge in [0.25, 0.3) is 0 Å². The van der Waals surface area contributed by atoms with Gasteiger partial charge in [0.15, 0.2) is 0 Å². The molecular weight excluding hydrogens is 269 g/mol. The molecule has 2 aromatic rings. The zero-order chi connectivity index (χ0) is 14.8. The number of benzene rings is 1. The van der Waals surface area contributed by atoms with Gasteiger partial charge in [-0.25, -0.2) is 9.97 Å². The molecule has 0 atom stereocenters. The number of rotatable bonds is 4. The molecule has 0 saturated carbocycles. The molecular formula is C13H15F3N4. The number of nitrogens with two attached hydrogens (primary N) is 1. The van der Waals surface area contributed by atoms with Crippen molar-refractivity contribution in [2.75, 3.05) is 23.7 Å². The third-order valence-corrected chi connectivity index (χ3v) is 2.80.